The molecule has 0 spiro atoms. The van der Waals surface area contributed by atoms with Gasteiger partial charge >= 0.3 is 5.97 Å². The zero-order valence-corrected chi connectivity index (χ0v) is 16.4. The molecule has 1 N–H and O–H groups in total. The topological polar surface area (TPSA) is 68.5 Å². The fourth-order valence-corrected chi connectivity index (χ4v) is 5.05. The maximum atomic E-state index is 12.4. The van der Waals surface area contributed by atoms with Gasteiger partial charge in [-0.25, -0.2) is 4.79 Å². The van der Waals surface area contributed by atoms with E-state index < -0.39 is 11.4 Å². The van der Waals surface area contributed by atoms with E-state index in [9.17, 15) is 14.7 Å². The molecule has 0 saturated heterocycles. The first kappa shape index (κ1) is 17.3. The van der Waals surface area contributed by atoms with Gasteiger partial charge in [-0.15, -0.1) is 11.3 Å². The Labute approximate surface area is 165 Å². The maximum absolute atomic E-state index is 12.4. The molecule has 0 amide bonds. The number of pyridine rings is 1. The van der Waals surface area contributed by atoms with Gasteiger partial charge in [-0.2, -0.15) is 0 Å². The van der Waals surface area contributed by atoms with Crippen molar-refractivity contribution < 1.29 is 14.6 Å². The molecule has 4 heterocycles. The fraction of sp³-hybridized carbons (Fsp3) is 0.273. The Morgan fingerprint density at radius 3 is 2.79 bits per heavy atom. The third-order valence-corrected chi connectivity index (χ3v) is 6.40. The van der Waals surface area contributed by atoms with E-state index >= 15 is 0 Å². The van der Waals surface area contributed by atoms with Gasteiger partial charge in [-0.1, -0.05) is 6.07 Å². The van der Waals surface area contributed by atoms with Gasteiger partial charge in [-0.3, -0.25) is 4.79 Å². The van der Waals surface area contributed by atoms with Gasteiger partial charge in [0.25, 0.3) is 0 Å². The number of ether oxygens (including phenoxy) is 1. The third-order valence-electron chi connectivity index (χ3n) is 5.50. The van der Waals surface area contributed by atoms with Crippen LogP contribution in [0.4, 0.5) is 0 Å². The lowest BCUT2D eigenvalue weighted by Gasteiger charge is -2.25. The second-order valence-corrected chi connectivity index (χ2v) is 8.91. The SMILES string of the molecule is CC1(C)Cc2c3c(cc(-c4cccs4)c2O1)-c1cc(=O)c(C(=O)O)cn1CC3. The fourth-order valence-electron chi connectivity index (χ4n) is 4.31. The number of aromatic nitrogens is 1. The summed E-state index contributed by atoms with van der Waals surface area (Å²) in [5.74, 6) is -0.237. The molecule has 0 radical (unpaired) electrons. The minimum absolute atomic E-state index is 0.184. The van der Waals surface area contributed by atoms with E-state index in [4.69, 9.17) is 4.74 Å². The highest BCUT2D eigenvalue weighted by atomic mass is 32.1. The lowest BCUT2D eigenvalue weighted by atomic mass is 9.86. The van der Waals surface area contributed by atoms with Crippen molar-refractivity contribution in [3.8, 4) is 27.4 Å². The molecule has 3 aromatic rings. The van der Waals surface area contributed by atoms with Crippen molar-refractivity contribution in [2.45, 2.75) is 38.8 Å². The summed E-state index contributed by atoms with van der Waals surface area (Å²) >= 11 is 1.66. The standard InChI is InChI=1S/C22H19NO4S/c1-22(2)10-15-12-5-6-23-11-16(21(25)26)18(24)9-17(23)13(12)8-14(20(15)27-22)19-4-3-7-28-19/h3-4,7-9,11H,5-6,10H2,1-2H3,(H,25,26). The molecule has 0 bridgehead atoms. The number of benzene rings is 1. The van der Waals surface area contributed by atoms with Crippen LogP contribution in [0.5, 0.6) is 5.75 Å². The van der Waals surface area contributed by atoms with Crippen LogP contribution in [0.3, 0.4) is 0 Å². The largest absolute Gasteiger partial charge is 0.487 e. The van der Waals surface area contributed by atoms with Crippen LogP contribution in [-0.4, -0.2) is 21.2 Å². The zero-order chi connectivity index (χ0) is 19.6. The van der Waals surface area contributed by atoms with Gasteiger partial charge in [0.2, 0.25) is 0 Å². The van der Waals surface area contributed by atoms with E-state index in [2.05, 4.69) is 26.0 Å². The van der Waals surface area contributed by atoms with Crippen molar-refractivity contribution in [3.63, 3.8) is 0 Å². The molecule has 5 rings (SSSR count). The van der Waals surface area contributed by atoms with E-state index in [1.807, 2.05) is 16.0 Å². The summed E-state index contributed by atoms with van der Waals surface area (Å²) in [5.41, 5.74) is 4.34. The van der Waals surface area contributed by atoms with Gasteiger partial charge in [0.15, 0.2) is 5.43 Å². The average molecular weight is 393 g/mol. The van der Waals surface area contributed by atoms with Crippen LogP contribution in [0.1, 0.15) is 35.3 Å². The van der Waals surface area contributed by atoms with Crippen molar-refractivity contribution >= 4 is 17.3 Å². The highest BCUT2D eigenvalue weighted by Gasteiger charge is 2.36. The first-order valence-corrected chi connectivity index (χ1v) is 10.1. The van der Waals surface area contributed by atoms with Crippen LogP contribution in [0.2, 0.25) is 0 Å². The summed E-state index contributed by atoms with van der Waals surface area (Å²) in [4.78, 5) is 24.9. The molecule has 0 aliphatic carbocycles. The molecule has 1 aromatic carbocycles. The summed E-state index contributed by atoms with van der Waals surface area (Å²) < 4.78 is 8.23. The van der Waals surface area contributed by atoms with Crippen LogP contribution in [-0.2, 0) is 19.4 Å². The molecule has 2 aliphatic rings. The Kier molecular flexibility index (Phi) is 3.58. The summed E-state index contributed by atoms with van der Waals surface area (Å²) in [6.45, 7) is 4.84. The lowest BCUT2D eigenvalue weighted by Crippen LogP contribution is -2.25. The molecule has 0 unspecified atom stereocenters. The summed E-state index contributed by atoms with van der Waals surface area (Å²) in [6, 6.07) is 7.66. The van der Waals surface area contributed by atoms with Crippen molar-refractivity contribution in [3.05, 3.63) is 62.8 Å². The van der Waals surface area contributed by atoms with Crippen molar-refractivity contribution in [1.29, 1.82) is 0 Å². The molecule has 0 fully saturated rings. The second kappa shape index (κ2) is 5.82. The normalized spacial score (nSPS) is 16.1. The number of hydrogen-bond acceptors (Lipinski definition) is 4. The maximum Gasteiger partial charge on any atom is 0.341 e. The number of carboxylic acid groups (broad SMARTS) is 1. The van der Waals surface area contributed by atoms with Crippen LogP contribution >= 0.6 is 11.3 Å². The van der Waals surface area contributed by atoms with Crippen LogP contribution < -0.4 is 10.2 Å². The van der Waals surface area contributed by atoms with Crippen molar-refractivity contribution in [2.75, 3.05) is 0 Å². The second-order valence-electron chi connectivity index (χ2n) is 7.96. The van der Waals surface area contributed by atoms with E-state index in [0.717, 1.165) is 40.3 Å². The molecule has 0 saturated carbocycles. The predicted molar refractivity (Wildman–Crippen MR) is 109 cm³/mol. The zero-order valence-electron chi connectivity index (χ0n) is 15.6. The Bertz CT molecular complexity index is 1190. The first-order valence-electron chi connectivity index (χ1n) is 9.24. The molecule has 28 heavy (non-hydrogen) atoms. The van der Waals surface area contributed by atoms with E-state index in [0.29, 0.717) is 6.54 Å². The van der Waals surface area contributed by atoms with Crippen molar-refractivity contribution in [1.82, 2.24) is 4.57 Å². The number of fused-ring (bicyclic) bond motifs is 5. The minimum Gasteiger partial charge on any atom is -0.487 e. The number of carbonyl (C=O) groups is 1. The Balaban J connectivity index is 1.80. The summed E-state index contributed by atoms with van der Waals surface area (Å²) in [5, 5.41) is 11.3. The number of hydrogen-bond donors (Lipinski definition) is 1. The summed E-state index contributed by atoms with van der Waals surface area (Å²) in [7, 11) is 0. The highest BCUT2D eigenvalue weighted by molar-refractivity contribution is 7.13. The molecule has 5 nitrogen and oxygen atoms in total. The number of thiophene rings is 1. The first-order chi connectivity index (χ1) is 13.3. The van der Waals surface area contributed by atoms with E-state index in [1.54, 1.807) is 11.3 Å². The predicted octanol–water partition coefficient (Wildman–Crippen LogP) is 4.21. The monoisotopic (exact) mass is 393 g/mol. The van der Waals surface area contributed by atoms with Crippen molar-refractivity contribution in [2.24, 2.45) is 0 Å². The number of aromatic carboxylic acids is 1. The quantitative estimate of drug-likeness (QED) is 0.708. The number of aryl methyl sites for hydroxylation is 1. The molecule has 2 aliphatic heterocycles. The number of carboxylic acids is 1. The molecular weight excluding hydrogens is 374 g/mol. The Morgan fingerprint density at radius 2 is 2.07 bits per heavy atom. The van der Waals surface area contributed by atoms with E-state index in [-0.39, 0.29) is 11.2 Å². The minimum atomic E-state index is -1.19. The summed E-state index contributed by atoms with van der Waals surface area (Å²) in [6.07, 6.45) is 3.08. The molecule has 142 valence electrons. The molecular formula is C22H19NO4S. The van der Waals surface area contributed by atoms with Crippen LogP contribution in [0.15, 0.2) is 40.6 Å². The lowest BCUT2D eigenvalue weighted by molar-refractivity contribution is 0.0694. The highest BCUT2D eigenvalue weighted by Crippen LogP contribution is 2.49. The van der Waals surface area contributed by atoms with Gasteiger partial charge < -0.3 is 14.4 Å². The van der Waals surface area contributed by atoms with Crippen LogP contribution in [0.25, 0.3) is 21.7 Å². The Hall–Kier alpha value is -2.86. The van der Waals surface area contributed by atoms with Gasteiger partial charge in [0, 0.05) is 46.8 Å². The van der Waals surface area contributed by atoms with Gasteiger partial charge in [-0.05, 0) is 43.3 Å². The smallest absolute Gasteiger partial charge is 0.341 e. The Morgan fingerprint density at radius 1 is 1.25 bits per heavy atom. The molecule has 0 atom stereocenters. The van der Waals surface area contributed by atoms with E-state index in [1.165, 1.54) is 23.4 Å². The number of nitrogens with zero attached hydrogens (tertiary/aromatic N) is 1. The van der Waals surface area contributed by atoms with Gasteiger partial charge in [0.05, 0.1) is 5.69 Å². The van der Waals surface area contributed by atoms with Gasteiger partial charge in [0.1, 0.15) is 16.9 Å². The number of rotatable bonds is 2. The average Bonchev–Trinajstić information content (AvgIpc) is 3.26. The molecule has 6 heteroatoms. The third kappa shape index (κ3) is 2.52. The molecule has 2 aromatic heterocycles. The van der Waals surface area contributed by atoms with Crippen LogP contribution in [0, 0.1) is 0 Å².